The number of benzene rings is 1. The number of nitrogens with one attached hydrogen (secondary N) is 1. The number of carbonyl (C=O) groups is 2. The molecule has 6 nitrogen and oxygen atoms in total. The van der Waals surface area contributed by atoms with Crippen molar-refractivity contribution in [1.82, 2.24) is 10.2 Å². The molecule has 27 heavy (non-hydrogen) atoms. The molecule has 4 atom stereocenters. The van der Waals surface area contributed by atoms with Crippen LogP contribution in [0.15, 0.2) is 18.2 Å². The molecule has 1 N–H and O–H groups in total. The number of likely N-dealkylation sites (tertiary alicyclic amines) is 1. The molecule has 1 aromatic carbocycles. The van der Waals surface area contributed by atoms with Crippen LogP contribution in [0.25, 0.3) is 0 Å². The lowest BCUT2D eigenvalue weighted by atomic mass is 9.73. The van der Waals surface area contributed by atoms with E-state index in [1.165, 1.54) is 0 Å². The summed E-state index contributed by atoms with van der Waals surface area (Å²) in [6, 6.07) is 5.50. The summed E-state index contributed by atoms with van der Waals surface area (Å²) in [4.78, 5) is 26.7. The number of amides is 2. The molecule has 1 aromatic rings. The van der Waals surface area contributed by atoms with Crippen molar-refractivity contribution in [3.8, 4) is 5.75 Å². The summed E-state index contributed by atoms with van der Waals surface area (Å²) in [6.45, 7) is 5.90. The summed E-state index contributed by atoms with van der Waals surface area (Å²) in [5, 5.41) is 3.09. The average molecular weight is 372 g/mol. The van der Waals surface area contributed by atoms with Crippen LogP contribution in [-0.4, -0.2) is 55.2 Å². The highest BCUT2D eigenvalue weighted by Crippen LogP contribution is 2.54. The molecule has 0 aliphatic carbocycles. The molecule has 1 spiro atoms. The Bertz CT molecular complexity index is 765. The predicted molar refractivity (Wildman–Crippen MR) is 101 cm³/mol. The first kappa shape index (κ1) is 18.3. The number of aryl methyl sites for hydroxylation is 1. The largest absolute Gasteiger partial charge is 0.496 e. The van der Waals surface area contributed by atoms with Crippen molar-refractivity contribution in [3.05, 3.63) is 29.3 Å². The van der Waals surface area contributed by atoms with Crippen molar-refractivity contribution in [3.63, 3.8) is 0 Å². The van der Waals surface area contributed by atoms with E-state index in [0.29, 0.717) is 31.0 Å². The van der Waals surface area contributed by atoms with Crippen molar-refractivity contribution < 1.29 is 19.1 Å². The van der Waals surface area contributed by atoms with Crippen LogP contribution in [0.2, 0.25) is 0 Å². The van der Waals surface area contributed by atoms with Crippen LogP contribution in [-0.2, 0) is 9.53 Å². The summed E-state index contributed by atoms with van der Waals surface area (Å²) < 4.78 is 11.7. The highest BCUT2D eigenvalue weighted by molar-refractivity contribution is 5.94. The number of hydrogen-bond acceptors (Lipinski definition) is 4. The Morgan fingerprint density at radius 1 is 1.41 bits per heavy atom. The van der Waals surface area contributed by atoms with Crippen LogP contribution in [0.1, 0.15) is 42.1 Å². The maximum Gasteiger partial charge on any atom is 0.251 e. The van der Waals surface area contributed by atoms with E-state index in [1.807, 2.05) is 30.9 Å². The number of nitrogens with zero attached hydrogens (tertiary/aromatic N) is 1. The molecular formula is C21H28N2O4. The fraction of sp³-hybridized carbons (Fsp3) is 0.619. The standard InChI is InChI=1S/C21H28N2O4/c1-4-19(24)23-11-16-15(17-7-8-21(16,12-23)27-17)10-22-20(25)14-6-5-13(2)18(9-14)26-3/h5-6,9,15-17H,4,7-8,10-12H2,1-3H3,(H,22,25)/t15-,16+,17+,21+/m0/s1. The Morgan fingerprint density at radius 3 is 2.96 bits per heavy atom. The maximum atomic E-state index is 12.6. The second-order valence-electron chi connectivity index (χ2n) is 8.05. The van der Waals surface area contributed by atoms with Gasteiger partial charge in [0.25, 0.3) is 5.91 Å². The van der Waals surface area contributed by atoms with E-state index in [9.17, 15) is 9.59 Å². The summed E-state index contributed by atoms with van der Waals surface area (Å²) in [7, 11) is 1.61. The second-order valence-corrected chi connectivity index (χ2v) is 8.05. The zero-order valence-electron chi connectivity index (χ0n) is 16.3. The van der Waals surface area contributed by atoms with E-state index in [2.05, 4.69) is 5.32 Å². The molecule has 0 radical (unpaired) electrons. The zero-order chi connectivity index (χ0) is 19.2. The SMILES string of the molecule is CCC(=O)N1C[C@@H]2[C@H](CNC(=O)c3ccc(C)c(OC)c3)[C@H]3CC[C@]2(C1)O3. The number of carbonyl (C=O) groups excluding carboxylic acids is 2. The topological polar surface area (TPSA) is 67.9 Å². The van der Waals surface area contributed by atoms with Crippen molar-refractivity contribution in [2.75, 3.05) is 26.7 Å². The summed E-state index contributed by atoms with van der Waals surface area (Å²) in [6.07, 6.45) is 2.77. The van der Waals surface area contributed by atoms with E-state index < -0.39 is 0 Å². The highest BCUT2D eigenvalue weighted by atomic mass is 16.5. The molecule has 3 fully saturated rings. The third-order valence-electron chi connectivity index (χ3n) is 6.61. The molecule has 2 amide bonds. The Kier molecular flexibility index (Phi) is 4.62. The lowest BCUT2D eigenvalue weighted by molar-refractivity contribution is -0.131. The monoisotopic (exact) mass is 372 g/mol. The molecule has 0 unspecified atom stereocenters. The van der Waals surface area contributed by atoms with E-state index >= 15 is 0 Å². The quantitative estimate of drug-likeness (QED) is 0.860. The first-order valence-electron chi connectivity index (χ1n) is 9.86. The van der Waals surface area contributed by atoms with Gasteiger partial charge in [0, 0.05) is 36.9 Å². The zero-order valence-corrected chi connectivity index (χ0v) is 16.3. The normalized spacial score (nSPS) is 31.1. The van der Waals surface area contributed by atoms with Gasteiger partial charge in [0.1, 0.15) is 5.75 Å². The van der Waals surface area contributed by atoms with Crippen LogP contribution in [0, 0.1) is 18.8 Å². The maximum absolute atomic E-state index is 12.6. The molecule has 0 saturated carbocycles. The van der Waals surface area contributed by atoms with Gasteiger partial charge in [-0.15, -0.1) is 0 Å². The second kappa shape index (κ2) is 6.82. The Labute approximate surface area is 160 Å². The summed E-state index contributed by atoms with van der Waals surface area (Å²) in [5.74, 6) is 1.41. The van der Waals surface area contributed by atoms with Crippen molar-refractivity contribution in [1.29, 1.82) is 0 Å². The van der Waals surface area contributed by atoms with Gasteiger partial charge in [0.05, 0.1) is 25.4 Å². The smallest absolute Gasteiger partial charge is 0.251 e. The number of methoxy groups -OCH3 is 1. The fourth-order valence-corrected chi connectivity index (χ4v) is 5.15. The van der Waals surface area contributed by atoms with Gasteiger partial charge < -0.3 is 19.7 Å². The Morgan fingerprint density at radius 2 is 2.22 bits per heavy atom. The van der Waals surface area contributed by atoms with Crippen LogP contribution in [0.3, 0.4) is 0 Å². The van der Waals surface area contributed by atoms with Gasteiger partial charge in [-0.3, -0.25) is 9.59 Å². The van der Waals surface area contributed by atoms with E-state index in [-0.39, 0.29) is 29.4 Å². The Balaban J connectivity index is 1.43. The molecule has 4 rings (SSSR count). The van der Waals surface area contributed by atoms with Crippen molar-refractivity contribution in [2.24, 2.45) is 11.8 Å². The highest BCUT2D eigenvalue weighted by Gasteiger charge is 2.63. The van der Waals surface area contributed by atoms with Crippen LogP contribution in [0.4, 0.5) is 0 Å². The number of hydrogen-bond donors (Lipinski definition) is 1. The van der Waals surface area contributed by atoms with Crippen LogP contribution < -0.4 is 10.1 Å². The number of fused-ring (bicyclic) bond motifs is 1. The van der Waals surface area contributed by atoms with Gasteiger partial charge in [0.15, 0.2) is 0 Å². The molecule has 2 bridgehead atoms. The van der Waals surface area contributed by atoms with E-state index in [0.717, 1.165) is 30.7 Å². The van der Waals surface area contributed by atoms with Gasteiger partial charge in [-0.2, -0.15) is 0 Å². The van der Waals surface area contributed by atoms with Gasteiger partial charge in [0.2, 0.25) is 5.91 Å². The molecule has 0 aromatic heterocycles. The summed E-state index contributed by atoms with van der Waals surface area (Å²) >= 11 is 0. The molecule has 146 valence electrons. The van der Waals surface area contributed by atoms with Gasteiger partial charge in [-0.25, -0.2) is 0 Å². The Hall–Kier alpha value is -2.08. The molecule has 3 aliphatic rings. The van der Waals surface area contributed by atoms with E-state index in [4.69, 9.17) is 9.47 Å². The van der Waals surface area contributed by atoms with E-state index in [1.54, 1.807) is 13.2 Å². The third-order valence-corrected chi connectivity index (χ3v) is 6.61. The number of rotatable bonds is 5. The molecule has 3 aliphatic heterocycles. The van der Waals surface area contributed by atoms with Crippen molar-refractivity contribution in [2.45, 2.75) is 44.8 Å². The first-order chi connectivity index (χ1) is 13.0. The lowest BCUT2D eigenvalue weighted by Crippen LogP contribution is -2.41. The molecular weight excluding hydrogens is 344 g/mol. The average Bonchev–Trinajstić information content (AvgIpc) is 3.34. The first-order valence-corrected chi connectivity index (χ1v) is 9.86. The number of ether oxygens (including phenoxy) is 2. The molecule has 6 heteroatoms. The van der Waals surface area contributed by atoms with Gasteiger partial charge in [-0.05, 0) is 37.5 Å². The molecule has 3 saturated heterocycles. The summed E-state index contributed by atoms with van der Waals surface area (Å²) in [5.41, 5.74) is 1.42. The fourth-order valence-electron chi connectivity index (χ4n) is 5.15. The minimum absolute atomic E-state index is 0.0930. The van der Waals surface area contributed by atoms with Crippen LogP contribution in [0.5, 0.6) is 5.75 Å². The van der Waals surface area contributed by atoms with Crippen molar-refractivity contribution >= 4 is 11.8 Å². The lowest BCUT2D eigenvalue weighted by Gasteiger charge is -2.29. The van der Waals surface area contributed by atoms with Gasteiger partial charge >= 0.3 is 0 Å². The minimum Gasteiger partial charge on any atom is -0.496 e. The van der Waals surface area contributed by atoms with Gasteiger partial charge in [-0.1, -0.05) is 13.0 Å². The molecule has 3 heterocycles. The van der Waals surface area contributed by atoms with Crippen LogP contribution >= 0.6 is 0 Å². The minimum atomic E-state index is -0.183. The third kappa shape index (κ3) is 3.00. The predicted octanol–water partition coefficient (Wildman–Crippen LogP) is 2.15.